The molecule has 1 aliphatic rings. The summed E-state index contributed by atoms with van der Waals surface area (Å²) >= 11 is 0. The van der Waals surface area contributed by atoms with Gasteiger partial charge in [0.1, 0.15) is 5.82 Å². The van der Waals surface area contributed by atoms with E-state index < -0.39 is 0 Å². The van der Waals surface area contributed by atoms with Gasteiger partial charge in [0.25, 0.3) is 0 Å². The Balaban J connectivity index is 2.06. The number of amides is 2. The number of piperidine rings is 1. The van der Waals surface area contributed by atoms with Gasteiger partial charge in [0.2, 0.25) is 0 Å². The summed E-state index contributed by atoms with van der Waals surface area (Å²) in [7, 11) is 0. The number of benzene rings is 1. The number of carbonyl (C=O) groups is 1. The number of carbonyl (C=O) groups excluding carboxylic acids is 1. The highest BCUT2D eigenvalue weighted by Gasteiger charge is 2.30. The fourth-order valence-electron chi connectivity index (χ4n) is 2.62. The molecule has 1 saturated heterocycles. The number of likely N-dealkylation sites (tertiary alicyclic amines) is 1. The van der Waals surface area contributed by atoms with Crippen molar-refractivity contribution >= 4 is 11.7 Å². The van der Waals surface area contributed by atoms with E-state index in [4.69, 9.17) is 5.73 Å². The van der Waals surface area contributed by atoms with Gasteiger partial charge >= 0.3 is 6.03 Å². The predicted octanol–water partition coefficient (Wildman–Crippen LogP) is 2.42. The minimum atomic E-state index is -0.361. The molecule has 1 aromatic rings. The van der Waals surface area contributed by atoms with Gasteiger partial charge in [0.15, 0.2) is 0 Å². The Hall–Kier alpha value is -1.62. The van der Waals surface area contributed by atoms with Crippen molar-refractivity contribution in [2.45, 2.75) is 25.8 Å². The summed E-state index contributed by atoms with van der Waals surface area (Å²) in [5.41, 5.74) is 6.23. The number of rotatable bonds is 2. The predicted molar refractivity (Wildman–Crippen MR) is 73.4 cm³/mol. The van der Waals surface area contributed by atoms with E-state index in [-0.39, 0.29) is 17.9 Å². The number of anilines is 1. The van der Waals surface area contributed by atoms with E-state index in [0.717, 1.165) is 12.8 Å². The molecule has 0 spiro atoms. The summed E-state index contributed by atoms with van der Waals surface area (Å²) in [6.45, 7) is 3.27. The quantitative estimate of drug-likeness (QED) is 0.862. The van der Waals surface area contributed by atoms with Crippen LogP contribution in [0.25, 0.3) is 0 Å². The lowest BCUT2D eigenvalue weighted by molar-refractivity contribution is 0.133. The van der Waals surface area contributed by atoms with Crippen LogP contribution in [0.15, 0.2) is 24.3 Å². The Morgan fingerprint density at radius 2 is 2.37 bits per heavy atom. The van der Waals surface area contributed by atoms with Crippen molar-refractivity contribution < 1.29 is 9.18 Å². The zero-order chi connectivity index (χ0) is 13.8. The third-order valence-corrected chi connectivity index (χ3v) is 3.69. The van der Waals surface area contributed by atoms with E-state index in [1.54, 1.807) is 17.0 Å². The minimum Gasteiger partial charge on any atom is -0.328 e. The lowest BCUT2D eigenvalue weighted by Gasteiger charge is -2.39. The zero-order valence-corrected chi connectivity index (χ0v) is 11.1. The molecule has 1 aliphatic heterocycles. The standard InChI is InChI=1S/C14H20FN3O/c1-10-4-3-7-18(13(10)9-16)14(19)17-12-6-2-5-11(15)8-12/h2,5-6,8,10,13H,3-4,7,9,16H2,1H3,(H,17,19). The summed E-state index contributed by atoms with van der Waals surface area (Å²) in [5.74, 6) is 0.0391. The summed E-state index contributed by atoms with van der Waals surface area (Å²) in [4.78, 5) is 14.0. The average molecular weight is 265 g/mol. The molecule has 1 heterocycles. The number of halogens is 1. The Labute approximate surface area is 112 Å². The molecule has 0 radical (unpaired) electrons. The van der Waals surface area contributed by atoms with Gasteiger partial charge in [-0.05, 0) is 37.0 Å². The summed E-state index contributed by atoms with van der Waals surface area (Å²) < 4.78 is 13.1. The van der Waals surface area contributed by atoms with Crippen LogP contribution in [-0.4, -0.2) is 30.1 Å². The third-order valence-electron chi connectivity index (χ3n) is 3.69. The number of urea groups is 1. The van der Waals surface area contributed by atoms with Crippen molar-refractivity contribution in [1.29, 1.82) is 0 Å². The van der Waals surface area contributed by atoms with Gasteiger partial charge in [-0.15, -0.1) is 0 Å². The lowest BCUT2D eigenvalue weighted by atomic mass is 9.91. The Morgan fingerprint density at radius 3 is 3.05 bits per heavy atom. The van der Waals surface area contributed by atoms with Crippen LogP contribution in [0.2, 0.25) is 0 Å². The molecule has 0 bridgehead atoms. The first-order chi connectivity index (χ1) is 9.11. The first-order valence-electron chi connectivity index (χ1n) is 6.65. The number of nitrogens with zero attached hydrogens (tertiary/aromatic N) is 1. The number of hydrogen-bond acceptors (Lipinski definition) is 2. The highest BCUT2D eigenvalue weighted by Crippen LogP contribution is 2.23. The van der Waals surface area contributed by atoms with E-state index in [0.29, 0.717) is 24.7 Å². The molecule has 19 heavy (non-hydrogen) atoms. The van der Waals surface area contributed by atoms with E-state index in [9.17, 15) is 9.18 Å². The van der Waals surface area contributed by atoms with Crippen molar-refractivity contribution in [3.63, 3.8) is 0 Å². The molecule has 2 rings (SSSR count). The summed E-state index contributed by atoms with van der Waals surface area (Å²) in [6, 6.07) is 5.76. The minimum absolute atomic E-state index is 0.0577. The molecular weight excluding hydrogens is 245 g/mol. The molecule has 5 heteroatoms. The summed E-state index contributed by atoms with van der Waals surface area (Å²) in [6.07, 6.45) is 2.07. The lowest BCUT2D eigenvalue weighted by Crippen LogP contribution is -2.52. The van der Waals surface area contributed by atoms with Crippen LogP contribution in [0.3, 0.4) is 0 Å². The second-order valence-corrected chi connectivity index (χ2v) is 5.06. The SMILES string of the molecule is CC1CCCN(C(=O)Nc2cccc(F)c2)C1CN. The van der Waals surface area contributed by atoms with Crippen molar-refractivity contribution in [1.82, 2.24) is 4.90 Å². The summed E-state index contributed by atoms with van der Waals surface area (Å²) in [5, 5.41) is 2.73. The molecule has 2 unspecified atom stereocenters. The highest BCUT2D eigenvalue weighted by atomic mass is 19.1. The number of hydrogen-bond donors (Lipinski definition) is 2. The second-order valence-electron chi connectivity index (χ2n) is 5.06. The Bertz CT molecular complexity index is 452. The fraction of sp³-hybridized carbons (Fsp3) is 0.500. The average Bonchev–Trinajstić information content (AvgIpc) is 2.38. The van der Waals surface area contributed by atoms with Crippen LogP contribution in [0, 0.1) is 11.7 Å². The molecule has 1 fully saturated rings. The molecule has 0 aliphatic carbocycles. The molecule has 3 N–H and O–H groups in total. The maximum absolute atomic E-state index is 13.1. The molecule has 104 valence electrons. The molecule has 1 aromatic carbocycles. The normalized spacial score (nSPS) is 23.2. The van der Waals surface area contributed by atoms with Crippen molar-refractivity contribution in [3.8, 4) is 0 Å². The largest absolute Gasteiger partial charge is 0.328 e. The molecule has 2 atom stereocenters. The van der Waals surface area contributed by atoms with Crippen molar-refractivity contribution in [2.24, 2.45) is 11.7 Å². The highest BCUT2D eigenvalue weighted by molar-refractivity contribution is 5.89. The van der Waals surface area contributed by atoms with Crippen LogP contribution in [-0.2, 0) is 0 Å². The van der Waals surface area contributed by atoms with E-state index >= 15 is 0 Å². The van der Waals surface area contributed by atoms with Gasteiger partial charge < -0.3 is 16.0 Å². The Morgan fingerprint density at radius 1 is 1.58 bits per heavy atom. The number of nitrogens with two attached hydrogens (primary N) is 1. The van der Waals surface area contributed by atoms with Crippen LogP contribution in [0.4, 0.5) is 14.9 Å². The Kier molecular flexibility index (Phi) is 4.37. The molecule has 4 nitrogen and oxygen atoms in total. The maximum atomic E-state index is 13.1. The van der Waals surface area contributed by atoms with Gasteiger partial charge in [-0.1, -0.05) is 13.0 Å². The van der Waals surface area contributed by atoms with E-state index in [1.807, 2.05) is 0 Å². The van der Waals surface area contributed by atoms with Crippen LogP contribution in [0.5, 0.6) is 0 Å². The topological polar surface area (TPSA) is 58.4 Å². The third kappa shape index (κ3) is 3.23. The number of nitrogens with one attached hydrogen (secondary N) is 1. The monoisotopic (exact) mass is 265 g/mol. The van der Waals surface area contributed by atoms with Gasteiger partial charge in [0, 0.05) is 24.8 Å². The maximum Gasteiger partial charge on any atom is 0.322 e. The van der Waals surface area contributed by atoms with Gasteiger partial charge in [-0.25, -0.2) is 9.18 Å². The van der Waals surface area contributed by atoms with Gasteiger partial charge in [-0.2, -0.15) is 0 Å². The van der Waals surface area contributed by atoms with Crippen molar-refractivity contribution in [2.75, 3.05) is 18.4 Å². The van der Waals surface area contributed by atoms with E-state index in [1.165, 1.54) is 12.1 Å². The first kappa shape index (κ1) is 13.8. The van der Waals surface area contributed by atoms with Crippen LogP contribution >= 0.6 is 0 Å². The van der Waals surface area contributed by atoms with Crippen molar-refractivity contribution in [3.05, 3.63) is 30.1 Å². The molecule has 2 amide bonds. The fourth-order valence-corrected chi connectivity index (χ4v) is 2.62. The van der Waals surface area contributed by atoms with Gasteiger partial charge in [0.05, 0.1) is 0 Å². The molecule has 0 saturated carbocycles. The van der Waals surface area contributed by atoms with E-state index in [2.05, 4.69) is 12.2 Å². The van der Waals surface area contributed by atoms with Crippen LogP contribution < -0.4 is 11.1 Å². The molecular formula is C14H20FN3O. The zero-order valence-electron chi connectivity index (χ0n) is 11.1. The van der Waals surface area contributed by atoms with Crippen LogP contribution in [0.1, 0.15) is 19.8 Å². The smallest absolute Gasteiger partial charge is 0.322 e. The second kappa shape index (κ2) is 6.02. The van der Waals surface area contributed by atoms with Gasteiger partial charge in [-0.3, -0.25) is 0 Å². The molecule has 0 aromatic heterocycles. The first-order valence-corrected chi connectivity index (χ1v) is 6.65.